The van der Waals surface area contributed by atoms with Gasteiger partial charge < -0.3 is 10.0 Å². The lowest BCUT2D eigenvalue weighted by molar-refractivity contribution is 0.105. The monoisotopic (exact) mass is 375 g/mol. The zero-order valence-corrected chi connectivity index (χ0v) is 16.0. The Labute approximate surface area is 159 Å². The Bertz CT molecular complexity index is 802. The van der Waals surface area contributed by atoms with E-state index in [9.17, 15) is 9.90 Å². The maximum atomic E-state index is 13.3. The molecule has 0 aromatic heterocycles. The van der Waals surface area contributed by atoms with Gasteiger partial charge in [-0.1, -0.05) is 30.3 Å². The van der Waals surface area contributed by atoms with Crippen LogP contribution in [-0.4, -0.2) is 42.2 Å². The molecule has 1 N–H and O–H groups in total. The van der Waals surface area contributed by atoms with Crippen LogP contribution in [0.4, 0.5) is 0 Å². The van der Waals surface area contributed by atoms with E-state index >= 15 is 0 Å². The second-order valence-corrected chi connectivity index (χ2v) is 7.33. The van der Waals surface area contributed by atoms with Crippen molar-refractivity contribution in [1.82, 2.24) is 4.90 Å². The van der Waals surface area contributed by atoms with E-state index in [1.807, 2.05) is 32.3 Å². The maximum absolute atomic E-state index is 13.3. The number of carbonyl (C=O) groups is 1. The van der Waals surface area contributed by atoms with Gasteiger partial charge in [-0.2, -0.15) is 0 Å². The third-order valence-electron chi connectivity index (χ3n) is 4.01. The predicted molar refractivity (Wildman–Crippen MR) is 107 cm³/mol. The number of fused-ring (bicyclic) bond motifs is 1. The lowest BCUT2D eigenvalue weighted by Crippen LogP contribution is -2.18. The van der Waals surface area contributed by atoms with Gasteiger partial charge in [-0.25, -0.2) is 0 Å². The first-order valence-electron chi connectivity index (χ1n) is 7.99. The minimum Gasteiger partial charge on any atom is -0.508 e. The van der Waals surface area contributed by atoms with E-state index in [0.717, 1.165) is 40.3 Å². The van der Waals surface area contributed by atoms with Crippen LogP contribution in [-0.2, 0) is 0 Å². The lowest BCUT2D eigenvalue weighted by atomic mass is 9.91. The Morgan fingerprint density at radius 2 is 1.92 bits per heavy atom. The highest BCUT2D eigenvalue weighted by atomic mass is 35.5. The van der Waals surface area contributed by atoms with Crippen LogP contribution < -0.4 is 0 Å². The lowest BCUT2D eigenvalue weighted by Gasteiger charge is -2.17. The van der Waals surface area contributed by atoms with Crippen molar-refractivity contribution in [3.05, 3.63) is 65.2 Å². The van der Waals surface area contributed by atoms with Crippen molar-refractivity contribution in [3.8, 4) is 5.75 Å². The molecule has 0 amide bonds. The van der Waals surface area contributed by atoms with E-state index in [4.69, 9.17) is 0 Å². The number of likely N-dealkylation sites (N-methyl/N-ethyl adjacent to an activating group) is 1. The number of hydrogen-bond acceptors (Lipinski definition) is 4. The average Bonchev–Trinajstić information content (AvgIpc) is 2.72. The summed E-state index contributed by atoms with van der Waals surface area (Å²) in [7, 11) is 4.04. The van der Waals surface area contributed by atoms with Crippen molar-refractivity contribution in [2.24, 2.45) is 0 Å². The Kier molecular flexibility index (Phi) is 6.71. The molecule has 0 aliphatic carbocycles. The van der Waals surface area contributed by atoms with Crippen LogP contribution >= 0.6 is 24.2 Å². The summed E-state index contributed by atoms with van der Waals surface area (Å²) < 4.78 is 0. The summed E-state index contributed by atoms with van der Waals surface area (Å²) in [6.45, 7) is 0.759. The number of Topliss-reactive ketones (excluding diaryl/α,β-unsaturated/α-hetero) is 1. The normalized spacial score (nSPS) is 13.9. The number of aromatic hydroxyl groups is 1. The van der Waals surface area contributed by atoms with Crippen molar-refractivity contribution >= 4 is 35.5 Å². The number of nitrogens with zero attached hydrogens (tertiary/aromatic N) is 1. The summed E-state index contributed by atoms with van der Waals surface area (Å²) in [5, 5.41) is 9.74. The number of hydrogen-bond donors (Lipinski definition) is 1. The van der Waals surface area contributed by atoms with Crippen molar-refractivity contribution in [3.63, 3.8) is 0 Å². The van der Waals surface area contributed by atoms with Crippen LogP contribution in [0.15, 0.2) is 59.0 Å². The van der Waals surface area contributed by atoms with Crippen molar-refractivity contribution < 1.29 is 9.90 Å². The highest BCUT2D eigenvalue weighted by Gasteiger charge is 2.24. The Morgan fingerprint density at radius 1 is 1.16 bits per heavy atom. The number of allylic oxidation sites excluding steroid dienone is 1. The summed E-state index contributed by atoms with van der Waals surface area (Å²) in [6, 6.07) is 14.7. The zero-order chi connectivity index (χ0) is 17.1. The first-order chi connectivity index (χ1) is 11.6. The molecule has 1 aliphatic rings. The summed E-state index contributed by atoms with van der Waals surface area (Å²) >= 11 is 1.80. The molecule has 3 nitrogen and oxygen atoms in total. The SMILES string of the molecule is CN(C)CC1=C(C(=O)c2cccc(O)c2)c2ccccc2SCC1.Cl. The molecule has 0 fully saturated rings. The van der Waals surface area contributed by atoms with Gasteiger partial charge in [-0.05, 0) is 49.9 Å². The largest absolute Gasteiger partial charge is 0.508 e. The number of benzene rings is 2. The minimum atomic E-state index is -0.0160. The molecule has 0 spiro atoms. The highest BCUT2D eigenvalue weighted by Crippen LogP contribution is 2.37. The van der Waals surface area contributed by atoms with Crippen LogP contribution in [0.2, 0.25) is 0 Å². The fraction of sp³-hybridized carbons (Fsp3) is 0.250. The molecule has 0 radical (unpaired) electrons. The van der Waals surface area contributed by atoms with E-state index in [-0.39, 0.29) is 23.9 Å². The molecule has 0 saturated carbocycles. The van der Waals surface area contributed by atoms with Gasteiger partial charge in [0.15, 0.2) is 5.78 Å². The molecule has 1 aliphatic heterocycles. The molecular formula is C20H22ClNO2S. The minimum absolute atomic E-state index is 0. The molecule has 3 rings (SSSR count). The van der Waals surface area contributed by atoms with E-state index in [1.54, 1.807) is 36.0 Å². The van der Waals surface area contributed by atoms with E-state index in [0.29, 0.717) is 5.56 Å². The number of phenolic OH excluding ortho intramolecular Hbond substituents is 1. The molecule has 2 aromatic rings. The molecule has 0 unspecified atom stereocenters. The van der Waals surface area contributed by atoms with Gasteiger partial charge in [-0.15, -0.1) is 24.2 Å². The third kappa shape index (κ3) is 4.46. The van der Waals surface area contributed by atoms with Crippen molar-refractivity contribution in [1.29, 1.82) is 0 Å². The van der Waals surface area contributed by atoms with Crippen LogP contribution in [0.25, 0.3) is 5.57 Å². The van der Waals surface area contributed by atoms with Crippen molar-refractivity contribution in [2.45, 2.75) is 11.3 Å². The molecule has 0 bridgehead atoms. The molecule has 132 valence electrons. The van der Waals surface area contributed by atoms with Crippen LogP contribution in [0.3, 0.4) is 0 Å². The second-order valence-electron chi connectivity index (χ2n) is 6.19. The van der Waals surface area contributed by atoms with Gasteiger partial charge in [0.1, 0.15) is 5.75 Å². The van der Waals surface area contributed by atoms with E-state index < -0.39 is 0 Å². The number of ketones is 1. The molecule has 0 saturated heterocycles. The van der Waals surface area contributed by atoms with Gasteiger partial charge in [0, 0.05) is 28.3 Å². The topological polar surface area (TPSA) is 40.5 Å². The molecule has 0 atom stereocenters. The number of rotatable bonds is 4. The number of carbonyl (C=O) groups excluding carboxylic acids is 1. The second kappa shape index (κ2) is 8.56. The highest BCUT2D eigenvalue weighted by molar-refractivity contribution is 7.99. The molecule has 1 heterocycles. The van der Waals surface area contributed by atoms with E-state index in [2.05, 4.69) is 11.0 Å². The first kappa shape index (κ1) is 19.6. The van der Waals surface area contributed by atoms with Crippen molar-refractivity contribution in [2.75, 3.05) is 26.4 Å². The van der Waals surface area contributed by atoms with Crippen LogP contribution in [0.1, 0.15) is 22.3 Å². The fourth-order valence-electron chi connectivity index (χ4n) is 3.01. The first-order valence-corrected chi connectivity index (χ1v) is 8.97. The van der Waals surface area contributed by atoms with Crippen LogP contribution in [0.5, 0.6) is 5.75 Å². The smallest absolute Gasteiger partial charge is 0.193 e. The summed E-state index contributed by atoms with van der Waals surface area (Å²) in [5.41, 5.74) is 3.48. The van der Waals surface area contributed by atoms with Gasteiger partial charge in [-0.3, -0.25) is 4.79 Å². The fourth-order valence-corrected chi connectivity index (χ4v) is 4.08. The van der Waals surface area contributed by atoms with Gasteiger partial charge in [0.25, 0.3) is 0 Å². The predicted octanol–water partition coefficient (Wildman–Crippen LogP) is 4.51. The summed E-state index contributed by atoms with van der Waals surface area (Å²) in [5.74, 6) is 1.07. The van der Waals surface area contributed by atoms with Crippen LogP contribution in [0, 0.1) is 0 Å². The number of phenols is 1. The Morgan fingerprint density at radius 3 is 2.64 bits per heavy atom. The Balaban J connectivity index is 0.00000225. The summed E-state index contributed by atoms with van der Waals surface area (Å²) in [6.07, 6.45) is 0.886. The standard InChI is InChI=1S/C20H21NO2S.ClH/c1-21(2)13-15-10-11-24-18-9-4-3-8-17(18)19(15)20(23)14-6-5-7-16(22)12-14;/h3-9,12,22H,10-11,13H2,1-2H3;1H. The third-order valence-corrected chi connectivity index (χ3v) is 5.09. The molecule has 25 heavy (non-hydrogen) atoms. The number of halogens is 1. The van der Waals surface area contributed by atoms with Gasteiger partial charge >= 0.3 is 0 Å². The summed E-state index contributed by atoms with van der Waals surface area (Å²) in [4.78, 5) is 16.5. The van der Waals surface area contributed by atoms with Gasteiger partial charge in [0.05, 0.1) is 0 Å². The quantitative estimate of drug-likeness (QED) is 0.798. The van der Waals surface area contributed by atoms with E-state index in [1.165, 1.54) is 0 Å². The molecule has 2 aromatic carbocycles. The Hall–Kier alpha value is -1.75. The molecule has 5 heteroatoms. The number of thioether (sulfide) groups is 1. The molecular weight excluding hydrogens is 354 g/mol. The van der Waals surface area contributed by atoms with Gasteiger partial charge in [0.2, 0.25) is 0 Å². The zero-order valence-electron chi connectivity index (χ0n) is 14.4. The average molecular weight is 376 g/mol. The maximum Gasteiger partial charge on any atom is 0.193 e.